The van der Waals surface area contributed by atoms with Gasteiger partial charge in [-0.1, -0.05) is 38.9 Å². The first kappa shape index (κ1) is 10.9. The second kappa shape index (κ2) is 4.87. The number of hydrogen-bond acceptors (Lipinski definition) is 3. The molecule has 1 saturated heterocycles. The maximum atomic E-state index is 5.22. The molecule has 1 aliphatic heterocycles. The Labute approximate surface area is 89.3 Å². The van der Waals surface area contributed by atoms with Crippen LogP contribution >= 0.6 is 35.7 Å². The molecule has 1 heterocycles. The largest absolute Gasteiger partial charge is 0.106 e. The molecule has 0 amide bonds. The molecule has 1 rings (SSSR count). The summed E-state index contributed by atoms with van der Waals surface area (Å²) in [5.74, 6) is 1.25. The number of hydrogen-bond donors (Lipinski definition) is 0. The Hall–Kier alpha value is 0.790. The van der Waals surface area contributed by atoms with Crippen molar-refractivity contribution in [2.75, 3.05) is 5.75 Å². The molecule has 0 aliphatic carbocycles. The van der Waals surface area contributed by atoms with Crippen LogP contribution in [-0.2, 0) is 0 Å². The fraction of sp³-hybridized carbons (Fsp3) is 0.889. The number of rotatable bonds is 4. The molecule has 0 bridgehead atoms. The minimum atomic E-state index is 0.505. The van der Waals surface area contributed by atoms with Gasteiger partial charge in [-0.25, -0.2) is 0 Å². The van der Waals surface area contributed by atoms with Crippen LogP contribution in [-0.4, -0.2) is 14.0 Å². The first-order valence-electron chi connectivity index (χ1n) is 4.58. The Balaban J connectivity index is 2.54. The highest BCUT2D eigenvalue weighted by Crippen LogP contribution is 2.47. The number of thioether (sulfide) groups is 2. The molecule has 70 valence electrons. The molecule has 0 aromatic rings. The molecule has 1 aliphatic rings. The lowest BCUT2D eigenvalue weighted by atomic mass is 9.99. The minimum absolute atomic E-state index is 0.505. The van der Waals surface area contributed by atoms with E-state index < -0.39 is 0 Å². The lowest BCUT2D eigenvalue weighted by molar-refractivity contribution is 0.540. The summed E-state index contributed by atoms with van der Waals surface area (Å²) in [4.78, 5) is 0. The van der Waals surface area contributed by atoms with Crippen LogP contribution in [0.1, 0.15) is 39.5 Å². The second-order valence-electron chi connectivity index (χ2n) is 3.32. The molecule has 1 fully saturated rings. The molecule has 0 spiro atoms. The Kier molecular flexibility index (Phi) is 4.41. The molecule has 0 N–H and O–H groups in total. The number of thiocarbonyl (C=S) groups is 1. The van der Waals surface area contributed by atoms with E-state index in [0.29, 0.717) is 4.75 Å². The lowest BCUT2D eigenvalue weighted by Gasteiger charge is -2.25. The highest BCUT2D eigenvalue weighted by atomic mass is 32.2. The maximum absolute atomic E-state index is 5.22. The van der Waals surface area contributed by atoms with Crippen LogP contribution in [0.4, 0.5) is 0 Å². The zero-order valence-electron chi connectivity index (χ0n) is 7.76. The van der Waals surface area contributed by atoms with Gasteiger partial charge in [-0.3, -0.25) is 0 Å². The molecule has 0 nitrogen and oxygen atoms in total. The Morgan fingerprint density at radius 2 is 1.92 bits per heavy atom. The molecule has 0 aromatic carbocycles. The quantitative estimate of drug-likeness (QED) is 0.655. The third-order valence-electron chi connectivity index (χ3n) is 2.16. The summed E-state index contributed by atoms with van der Waals surface area (Å²) in [6.07, 6.45) is 5.24. The van der Waals surface area contributed by atoms with Crippen molar-refractivity contribution in [1.29, 1.82) is 0 Å². The minimum Gasteiger partial charge on any atom is -0.106 e. The van der Waals surface area contributed by atoms with E-state index in [1.54, 1.807) is 0 Å². The van der Waals surface area contributed by atoms with Gasteiger partial charge in [0.05, 0.1) is 0 Å². The monoisotopic (exact) mass is 220 g/mol. The third-order valence-corrected chi connectivity index (χ3v) is 5.64. The van der Waals surface area contributed by atoms with Crippen molar-refractivity contribution in [3.8, 4) is 0 Å². The van der Waals surface area contributed by atoms with Gasteiger partial charge < -0.3 is 0 Å². The van der Waals surface area contributed by atoms with Crippen molar-refractivity contribution in [2.45, 2.75) is 44.3 Å². The van der Waals surface area contributed by atoms with E-state index in [-0.39, 0.29) is 0 Å². The van der Waals surface area contributed by atoms with Gasteiger partial charge in [0, 0.05) is 10.5 Å². The summed E-state index contributed by atoms with van der Waals surface area (Å²) < 4.78 is 1.67. The molecule has 0 aromatic heterocycles. The van der Waals surface area contributed by atoms with Crippen LogP contribution in [0.5, 0.6) is 0 Å². The molecule has 0 atom stereocenters. The van der Waals surface area contributed by atoms with E-state index in [0.717, 1.165) is 3.53 Å². The van der Waals surface area contributed by atoms with Crippen LogP contribution in [0.3, 0.4) is 0 Å². The summed E-state index contributed by atoms with van der Waals surface area (Å²) in [5, 5.41) is 0. The van der Waals surface area contributed by atoms with Gasteiger partial charge >= 0.3 is 0 Å². The smallest absolute Gasteiger partial charge is 0.104 e. The van der Waals surface area contributed by atoms with E-state index in [9.17, 15) is 0 Å². The Morgan fingerprint density at radius 1 is 1.33 bits per heavy atom. The Bertz CT molecular complexity index is 159. The summed E-state index contributed by atoms with van der Waals surface area (Å²) >= 11 is 9.06. The van der Waals surface area contributed by atoms with Crippen LogP contribution in [0.2, 0.25) is 0 Å². The lowest BCUT2D eigenvalue weighted by Crippen LogP contribution is -2.23. The van der Waals surface area contributed by atoms with E-state index >= 15 is 0 Å². The summed E-state index contributed by atoms with van der Waals surface area (Å²) in [6, 6.07) is 0. The van der Waals surface area contributed by atoms with Crippen molar-refractivity contribution in [3.05, 3.63) is 0 Å². The van der Waals surface area contributed by atoms with Crippen LogP contribution in [0.25, 0.3) is 0 Å². The highest BCUT2D eigenvalue weighted by Gasteiger charge is 2.36. The third kappa shape index (κ3) is 2.64. The van der Waals surface area contributed by atoms with Crippen molar-refractivity contribution in [1.82, 2.24) is 0 Å². The molecule has 0 saturated carbocycles. The summed E-state index contributed by atoms with van der Waals surface area (Å²) in [5.41, 5.74) is 0. The van der Waals surface area contributed by atoms with Gasteiger partial charge in [0.1, 0.15) is 3.53 Å². The zero-order valence-corrected chi connectivity index (χ0v) is 10.2. The molecule has 0 unspecified atom stereocenters. The molecular weight excluding hydrogens is 204 g/mol. The summed E-state index contributed by atoms with van der Waals surface area (Å²) in [7, 11) is 0. The van der Waals surface area contributed by atoms with Gasteiger partial charge in [-0.2, -0.15) is 0 Å². The van der Waals surface area contributed by atoms with E-state index in [2.05, 4.69) is 13.8 Å². The fourth-order valence-electron chi connectivity index (χ4n) is 1.71. The molecule has 3 heteroatoms. The topological polar surface area (TPSA) is 0 Å². The van der Waals surface area contributed by atoms with Gasteiger partial charge in [0.15, 0.2) is 0 Å². The highest BCUT2D eigenvalue weighted by molar-refractivity contribution is 8.49. The van der Waals surface area contributed by atoms with Crippen LogP contribution in [0, 0.1) is 0 Å². The van der Waals surface area contributed by atoms with Crippen molar-refractivity contribution >= 4 is 39.3 Å². The maximum Gasteiger partial charge on any atom is 0.104 e. The van der Waals surface area contributed by atoms with Gasteiger partial charge in [-0.05, 0) is 12.8 Å². The SMILES string of the molecule is CCCC1(CCC)CSC(=S)S1. The molecule has 0 radical (unpaired) electrons. The van der Waals surface area contributed by atoms with Crippen molar-refractivity contribution in [3.63, 3.8) is 0 Å². The standard InChI is InChI=1S/C9H16S3/c1-3-5-9(6-4-2)7-11-8(10)12-9/h3-7H2,1-2H3. The average molecular weight is 220 g/mol. The van der Waals surface area contributed by atoms with Crippen LogP contribution in [0.15, 0.2) is 0 Å². The van der Waals surface area contributed by atoms with E-state index in [1.807, 2.05) is 23.5 Å². The normalized spacial score (nSPS) is 21.7. The average Bonchev–Trinajstić information content (AvgIpc) is 2.34. The first-order valence-corrected chi connectivity index (χ1v) is 6.79. The van der Waals surface area contributed by atoms with Gasteiger partial charge in [0.25, 0.3) is 0 Å². The van der Waals surface area contributed by atoms with E-state index in [1.165, 1.54) is 31.4 Å². The Morgan fingerprint density at radius 3 is 2.25 bits per heavy atom. The molecular formula is C9H16S3. The van der Waals surface area contributed by atoms with E-state index in [4.69, 9.17) is 12.2 Å². The predicted molar refractivity (Wildman–Crippen MR) is 65.2 cm³/mol. The zero-order chi connectivity index (χ0) is 9.03. The second-order valence-corrected chi connectivity index (χ2v) is 6.97. The van der Waals surface area contributed by atoms with Crippen molar-refractivity contribution < 1.29 is 0 Å². The predicted octanol–water partition coefficient (Wildman–Crippen LogP) is 4.09. The summed E-state index contributed by atoms with van der Waals surface area (Å²) in [6.45, 7) is 4.54. The van der Waals surface area contributed by atoms with Gasteiger partial charge in [-0.15, -0.1) is 23.5 Å². The van der Waals surface area contributed by atoms with Crippen LogP contribution < -0.4 is 0 Å². The van der Waals surface area contributed by atoms with Gasteiger partial charge in [0.2, 0.25) is 0 Å². The first-order chi connectivity index (χ1) is 5.72. The fourth-order valence-corrected chi connectivity index (χ4v) is 5.41. The molecule has 12 heavy (non-hydrogen) atoms. The van der Waals surface area contributed by atoms with Crippen molar-refractivity contribution in [2.24, 2.45) is 0 Å².